The van der Waals surface area contributed by atoms with E-state index in [9.17, 15) is 18.0 Å². The number of alkyl halides is 3. The summed E-state index contributed by atoms with van der Waals surface area (Å²) in [5.41, 5.74) is 0. The van der Waals surface area contributed by atoms with Gasteiger partial charge in [0, 0.05) is 7.05 Å². The highest BCUT2D eigenvalue weighted by Crippen LogP contribution is 2.25. The molecule has 1 atom stereocenters. The average molecular weight is 183 g/mol. The Morgan fingerprint density at radius 1 is 1.58 bits per heavy atom. The van der Waals surface area contributed by atoms with Crippen molar-refractivity contribution in [1.29, 1.82) is 0 Å². The van der Waals surface area contributed by atoms with Gasteiger partial charge in [0.2, 0.25) is 5.91 Å². The first kappa shape index (κ1) is 9.31. The maximum absolute atomic E-state index is 12.0. The van der Waals surface area contributed by atoms with Crippen LogP contribution >= 0.6 is 0 Å². The highest BCUT2D eigenvalue weighted by Gasteiger charge is 2.44. The van der Waals surface area contributed by atoms with Crippen LogP contribution in [0.4, 0.5) is 13.2 Å². The first-order chi connectivity index (χ1) is 5.41. The molecule has 0 aromatic rings. The maximum atomic E-state index is 12.0. The van der Waals surface area contributed by atoms with Gasteiger partial charge in [-0.3, -0.25) is 4.79 Å². The van der Waals surface area contributed by atoms with Crippen molar-refractivity contribution >= 4 is 5.91 Å². The first-order valence-corrected chi connectivity index (χ1v) is 3.33. The van der Waals surface area contributed by atoms with Gasteiger partial charge in [-0.1, -0.05) is 0 Å². The average Bonchev–Trinajstić information content (AvgIpc) is 1.92. The number of ether oxygens (including phenoxy) is 1. The fourth-order valence-electron chi connectivity index (χ4n) is 0.883. The van der Waals surface area contributed by atoms with E-state index in [-0.39, 0.29) is 0 Å². The van der Waals surface area contributed by atoms with Gasteiger partial charge in [-0.25, -0.2) is 0 Å². The lowest BCUT2D eigenvalue weighted by Gasteiger charge is -2.30. The van der Waals surface area contributed by atoms with Gasteiger partial charge in [0.05, 0.1) is 6.54 Å². The number of amides is 1. The van der Waals surface area contributed by atoms with Gasteiger partial charge in [-0.15, -0.1) is 0 Å². The number of hydrogen-bond donors (Lipinski definition) is 0. The Morgan fingerprint density at radius 3 is 2.58 bits per heavy atom. The summed E-state index contributed by atoms with van der Waals surface area (Å²) in [4.78, 5) is 11.7. The molecule has 0 N–H and O–H groups in total. The number of likely N-dealkylation sites (N-methyl/N-ethyl adjacent to an activating group) is 1. The van der Waals surface area contributed by atoms with Crippen LogP contribution in [0.15, 0.2) is 0 Å². The molecule has 0 aliphatic carbocycles. The molecule has 0 aromatic heterocycles. The van der Waals surface area contributed by atoms with Crippen molar-refractivity contribution in [3.63, 3.8) is 0 Å². The molecule has 1 heterocycles. The van der Waals surface area contributed by atoms with Crippen LogP contribution in [0, 0.1) is 0 Å². The smallest absolute Gasteiger partial charge is 0.357 e. The van der Waals surface area contributed by atoms with Gasteiger partial charge in [0.25, 0.3) is 0 Å². The molecule has 0 aromatic carbocycles. The molecule has 1 saturated heterocycles. The van der Waals surface area contributed by atoms with Crippen molar-refractivity contribution in [2.75, 3.05) is 20.2 Å². The molecule has 12 heavy (non-hydrogen) atoms. The summed E-state index contributed by atoms with van der Waals surface area (Å²) in [5, 5.41) is 0. The second-order valence-corrected chi connectivity index (χ2v) is 2.62. The van der Waals surface area contributed by atoms with Crippen LogP contribution in [0.25, 0.3) is 0 Å². The van der Waals surface area contributed by atoms with Gasteiger partial charge in [-0.05, 0) is 0 Å². The van der Waals surface area contributed by atoms with Crippen LogP contribution in [0.1, 0.15) is 0 Å². The molecule has 1 aliphatic heterocycles. The minimum absolute atomic E-state index is 0.414. The van der Waals surface area contributed by atoms with E-state index in [0.717, 1.165) is 4.90 Å². The van der Waals surface area contributed by atoms with Crippen LogP contribution in [0.3, 0.4) is 0 Å². The van der Waals surface area contributed by atoms with Crippen LogP contribution in [0.5, 0.6) is 0 Å². The zero-order valence-corrected chi connectivity index (χ0v) is 6.39. The number of carbonyl (C=O) groups excluding carboxylic acids is 1. The molecule has 70 valence electrons. The minimum atomic E-state index is -4.38. The molecule has 1 rings (SSSR count). The summed E-state index contributed by atoms with van der Waals surface area (Å²) < 4.78 is 40.2. The molecule has 1 unspecified atom stereocenters. The summed E-state index contributed by atoms with van der Waals surface area (Å²) >= 11 is 0. The molecular weight excluding hydrogens is 175 g/mol. The predicted molar refractivity (Wildman–Crippen MR) is 33.4 cm³/mol. The Balaban J connectivity index is 2.57. The van der Waals surface area contributed by atoms with E-state index in [4.69, 9.17) is 0 Å². The van der Waals surface area contributed by atoms with E-state index in [1.54, 1.807) is 0 Å². The number of morpholine rings is 1. The Morgan fingerprint density at radius 2 is 2.17 bits per heavy atom. The molecule has 0 radical (unpaired) electrons. The van der Waals surface area contributed by atoms with Crippen molar-refractivity contribution in [1.82, 2.24) is 4.90 Å². The Kier molecular flexibility index (Phi) is 2.27. The lowest BCUT2D eigenvalue weighted by molar-refractivity contribution is -0.233. The summed E-state index contributed by atoms with van der Waals surface area (Å²) in [7, 11) is 1.32. The van der Waals surface area contributed by atoms with E-state index in [2.05, 4.69) is 4.74 Å². The predicted octanol–water partition coefficient (Wildman–Crippen LogP) is 0.406. The molecule has 6 heteroatoms. The Hall–Kier alpha value is -0.780. The van der Waals surface area contributed by atoms with Crippen LogP contribution < -0.4 is 0 Å². The van der Waals surface area contributed by atoms with Crippen molar-refractivity contribution in [2.24, 2.45) is 0 Å². The summed E-state index contributed by atoms with van der Waals surface area (Å²) in [6, 6.07) is 0. The fourth-order valence-corrected chi connectivity index (χ4v) is 0.883. The highest BCUT2D eigenvalue weighted by atomic mass is 19.4. The van der Waals surface area contributed by atoms with Crippen LogP contribution in [0.2, 0.25) is 0 Å². The maximum Gasteiger partial charge on any atom is 0.416 e. The Labute approximate surface area is 67.1 Å². The quantitative estimate of drug-likeness (QED) is 0.544. The summed E-state index contributed by atoms with van der Waals surface area (Å²) in [6.07, 6.45) is -6.21. The fraction of sp³-hybridized carbons (Fsp3) is 0.833. The van der Waals surface area contributed by atoms with E-state index >= 15 is 0 Å². The molecule has 0 bridgehead atoms. The second kappa shape index (κ2) is 2.93. The van der Waals surface area contributed by atoms with Crippen molar-refractivity contribution in [2.45, 2.75) is 12.3 Å². The summed E-state index contributed by atoms with van der Waals surface area (Å²) in [5.74, 6) is -0.421. The van der Waals surface area contributed by atoms with Crippen molar-refractivity contribution in [3.05, 3.63) is 0 Å². The third-order valence-corrected chi connectivity index (χ3v) is 1.64. The first-order valence-electron chi connectivity index (χ1n) is 3.33. The zero-order chi connectivity index (χ0) is 9.35. The van der Waals surface area contributed by atoms with Crippen LogP contribution in [-0.2, 0) is 9.53 Å². The van der Waals surface area contributed by atoms with E-state index < -0.39 is 31.3 Å². The largest absolute Gasteiger partial charge is 0.416 e. The van der Waals surface area contributed by atoms with E-state index in [1.165, 1.54) is 7.05 Å². The van der Waals surface area contributed by atoms with Crippen molar-refractivity contribution in [3.8, 4) is 0 Å². The molecule has 3 nitrogen and oxygen atoms in total. The normalized spacial score (nSPS) is 26.2. The number of halogens is 3. The van der Waals surface area contributed by atoms with Gasteiger partial charge in [0.15, 0.2) is 6.10 Å². The molecule has 0 spiro atoms. The van der Waals surface area contributed by atoms with Gasteiger partial charge >= 0.3 is 6.18 Å². The van der Waals surface area contributed by atoms with Crippen LogP contribution in [-0.4, -0.2) is 43.3 Å². The monoisotopic (exact) mass is 183 g/mol. The lowest BCUT2D eigenvalue weighted by atomic mass is 10.3. The molecule has 0 saturated carbocycles. The third kappa shape index (κ3) is 1.88. The van der Waals surface area contributed by atoms with E-state index in [1.807, 2.05) is 0 Å². The third-order valence-electron chi connectivity index (χ3n) is 1.64. The van der Waals surface area contributed by atoms with Gasteiger partial charge in [-0.2, -0.15) is 13.2 Å². The standard InChI is InChI=1S/C6H8F3NO2/c1-10-2-4(6(7,8)9)12-3-5(10)11/h4H,2-3H2,1H3. The van der Waals surface area contributed by atoms with E-state index in [0.29, 0.717) is 0 Å². The second-order valence-electron chi connectivity index (χ2n) is 2.62. The molecule has 1 aliphatic rings. The lowest BCUT2D eigenvalue weighted by Crippen LogP contribution is -2.50. The SMILES string of the molecule is CN1CC(C(F)(F)F)OCC1=O. The number of rotatable bonds is 0. The minimum Gasteiger partial charge on any atom is -0.357 e. The number of hydrogen-bond acceptors (Lipinski definition) is 2. The molecule has 1 amide bonds. The van der Waals surface area contributed by atoms with Crippen molar-refractivity contribution < 1.29 is 22.7 Å². The number of carbonyl (C=O) groups is 1. The zero-order valence-electron chi connectivity index (χ0n) is 6.39. The van der Waals surface area contributed by atoms with Gasteiger partial charge < -0.3 is 9.64 Å². The Bertz CT molecular complexity index is 192. The summed E-state index contributed by atoms with van der Waals surface area (Å²) in [6.45, 7) is -0.900. The number of nitrogens with zero attached hydrogens (tertiary/aromatic N) is 1. The highest BCUT2D eigenvalue weighted by molar-refractivity contribution is 5.77. The molecular formula is C6H8F3NO2. The van der Waals surface area contributed by atoms with Gasteiger partial charge in [0.1, 0.15) is 6.61 Å². The molecule has 1 fully saturated rings. The topological polar surface area (TPSA) is 29.5 Å².